The number of rotatable bonds is 4. The molecular formula is C16H18N4O2. The van der Waals surface area contributed by atoms with Gasteiger partial charge < -0.3 is 15.3 Å². The van der Waals surface area contributed by atoms with Gasteiger partial charge in [-0.25, -0.2) is 9.78 Å². The number of carbonyl (C=O) groups is 1. The van der Waals surface area contributed by atoms with Crippen LogP contribution in [0.2, 0.25) is 0 Å². The summed E-state index contributed by atoms with van der Waals surface area (Å²) in [7, 11) is 0. The second-order valence-corrected chi connectivity index (χ2v) is 5.29. The van der Waals surface area contributed by atoms with E-state index in [1.54, 1.807) is 30.5 Å². The molecule has 0 amide bonds. The van der Waals surface area contributed by atoms with Crippen LogP contribution in [-0.2, 0) is 0 Å². The topological polar surface area (TPSA) is 78.3 Å². The maximum absolute atomic E-state index is 10.8. The summed E-state index contributed by atoms with van der Waals surface area (Å²) in [6, 6.07) is 8.45. The van der Waals surface area contributed by atoms with E-state index in [2.05, 4.69) is 20.2 Å². The van der Waals surface area contributed by atoms with Crippen molar-refractivity contribution >= 4 is 23.4 Å². The lowest BCUT2D eigenvalue weighted by molar-refractivity contribution is 0.0697. The van der Waals surface area contributed by atoms with Gasteiger partial charge in [-0.2, -0.15) is 4.98 Å². The van der Waals surface area contributed by atoms with Gasteiger partial charge >= 0.3 is 5.97 Å². The molecule has 0 aliphatic carbocycles. The number of piperidine rings is 1. The molecule has 22 heavy (non-hydrogen) atoms. The van der Waals surface area contributed by atoms with Crippen LogP contribution in [0.1, 0.15) is 29.6 Å². The molecule has 0 bridgehead atoms. The predicted molar refractivity (Wildman–Crippen MR) is 84.8 cm³/mol. The van der Waals surface area contributed by atoms with E-state index in [1.165, 1.54) is 19.3 Å². The van der Waals surface area contributed by atoms with Crippen LogP contribution in [0.25, 0.3) is 0 Å². The molecule has 0 radical (unpaired) electrons. The fraction of sp³-hybridized carbons (Fsp3) is 0.312. The molecule has 1 saturated heterocycles. The van der Waals surface area contributed by atoms with Gasteiger partial charge in [0.2, 0.25) is 5.95 Å². The fourth-order valence-electron chi connectivity index (χ4n) is 2.53. The number of hydrogen-bond donors (Lipinski definition) is 2. The van der Waals surface area contributed by atoms with Crippen LogP contribution in [-0.4, -0.2) is 34.1 Å². The average molecular weight is 298 g/mol. The van der Waals surface area contributed by atoms with Crippen LogP contribution in [0.5, 0.6) is 0 Å². The molecule has 1 aliphatic heterocycles. The zero-order valence-electron chi connectivity index (χ0n) is 12.2. The lowest BCUT2D eigenvalue weighted by atomic mass is 10.1. The minimum Gasteiger partial charge on any atom is -0.478 e. The van der Waals surface area contributed by atoms with Crippen LogP contribution in [0, 0.1) is 0 Å². The zero-order chi connectivity index (χ0) is 15.4. The third-order valence-electron chi connectivity index (χ3n) is 3.71. The highest BCUT2D eigenvalue weighted by Gasteiger charge is 2.12. The van der Waals surface area contributed by atoms with E-state index in [0.717, 1.165) is 24.6 Å². The van der Waals surface area contributed by atoms with Crippen molar-refractivity contribution in [2.45, 2.75) is 19.3 Å². The van der Waals surface area contributed by atoms with Crippen molar-refractivity contribution in [3.05, 3.63) is 42.1 Å². The lowest BCUT2D eigenvalue weighted by Crippen LogP contribution is -2.30. The first-order valence-corrected chi connectivity index (χ1v) is 7.41. The summed E-state index contributed by atoms with van der Waals surface area (Å²) < 4.78 is 0. The van der Waals surface area contributed by atoms with Gasteiger partial charge in [0.05, 0.1) is 5.56 Å². The summed E-state index contributed by atoms with van der Waals surface area (Å²) in [4.78, 5) is 21.9. The van der Waals surface area contributed by atoms with Crippen molar-refractivity contribution in [3.63, 3.8) is 0 Å². The molecule has 0 spiro atoms. The minimum atomic E-state index is -0.935. The molecule has 2 heterocycles. The zero-order valence-corrected chi connectivity index (χ0v) is 12.2. The monoisotopic (exact) mass is 298 g/mol. The molecular weight excluding hydrogens is 280 g/mol. The van der Waals surface area contributed by atoms with Gasteiger partial charge in [0, 0.05) is 25.0 Å². The highest BCUT2D eigenvalue weighted by Crippen LogP contribution is 2.20. The fourth-order valence-corrected chi connectivity index (χ4v) is 2.53. The minimum absolute atomic E-state index is 0.258. The van der Waals surface area contributed by atoms with Crippen molar-refractivity contribution in [2.24, 2.45) is 0 Å². The Hall–Kier alpha value is -2.63. The van der Waals surface area contributed by atoms with Gasteiger partial charge in [0.1, 0.15) is 5.82 Å². The highest BCUT2D eigenvalue weighted by atomic mass is 16.4. The molecule has 3 rings (SSSR count). The molecule has 1 aromatic carbocycles. The SMILES string of the molecule is O=C(O)c1ccc(Nc2nccc(N3CCCCC3)n2)cc1. The number of carboxylic acid groups (broad SMARTS) is 1. The van der Waals surface area contributed by atoms with E-state index >= 15 is 0 Å². The Bertz CT molecular complexity index is 651. The van der Waals surface area contributed by atoms with Crippen molar-refractivity contribution in [3.8, 4) is 0 Å². The van der Waals surface area contributed by atoms with Crippen LogP contribution >= 0.6 is 0 Å². The van der Waals surface area contributed by atoms with E-state index in [-0.39, 0.29) is 5.56 Å². The highest BCUT2D eigenvalue weighted by molar-refractivity contribution is 5.88. The van der Waals surface area contributed by atoms with Crippen molar-refractivity contribution < 1.29 is 9.90 Å². The maximum Gasteiger partial charge on any atom is 0.335 e. The van der Waals surface area contributed by atoms with Gasteiger partial charge in [0.25, 0.3) is 0 Å². The van der Waals surface area contributed by atoms with Crippen LogP contribution in [0.15, 0.2) is 36.5 Å². The van der Waals surface area contributed by atoms with E-state index < -0.39 is 5.97 Å². The largest absolute Gasteiger partial charge is 0.478 e. The molecule has 2 N–H and O–H groups in total. The first kappa shape index (κ1) is 14.3. The standard InChI is InChI=1S/C16H18N4O2/c21-15(22)12-4-6-13(7-5-12)18-16-17-9-8-14(19-16)20-10-2-1-3-11-20/h4-9H,1-3,10-11H2,(H,21,22)(H,17,18,19). The Morgan fingerprint density at radius 3 is 2.50 bits per heavy atom. The van der Waals surface area contributed by atoms with E-state index in [9.17, 15) is 4.79 Å². The van der Waals surface area contributed by atoms with Crippen molar-refractivity contribution in [1.29, 1.82) is 0 Å². The summed E-state index contributed by atoms with van der Waals surface area (Å²) in [5.41, 5.74) is 1.02. The Labute approximate surface area is 128 Å². The molecule has 1 aliphatic rings. The quantitative estimate of drug-likeness (QED) is 0.903. The number of aromatic carboxylic acids is 1. The third-order valence-corrected chi connectivity index (χ3v) is 3.71. The molecule has 6 nitrogen and oxygen atoms in total. The Morgan fingerprint density at radius 2 is 1.82 bits per heavy atom. The Kier molecular flexibility index (Phi) is 4.18. The normalized spacial score (nSPS) is 14.6. The van der Waals surface area contributed by atoms with Crippen LogP contribution in [0.4, 0.5) is 17.5 Å². The molecule has 1 aromatic heterocycles. The Morgan fingerprint density at radius 1 is 1.09 bits per heavy atom. The lowest BCUT2D eigenvalue weighted by Gasteiger charge is -2.27. The summed E-state index contributed by atoms with van der Waals surface area (Å²) in [6.45, 7) is 2.06. The molecule has 114 valence electrons. The second kappa shape index (κ2) is 6.43. The van der Waals surface area contributed by atoms with Gasteiger partial charge in [-0.05, 0) is 49.6 Å². The summed E-state index contributed by atoms with van der Waals surface area (Å²) in [5, 5.41) is 12.0. The molecule has 0 atom stereocenters. The van der Waals surface area contributed by atoms with E-state index in [4.69, 9.17) is 5.11 Å². The number of carboxylic acids is 1. The van der Waals surface area contributed by atoms with Crippen molar-refractivity contribution in [1.82, 2.24) is 9.97 Å². The van der Waals surface area contributed by atoms with Crippen molar-refractivity contribution in [2.75, 3.05) is 23.3 Å². The van der Waals surface area contributed by atoms with E-state index in [0.29, 0.717) is 5.95 Å². The number of anilines is 3. The maximum atomic E-state index is 10.8. The first-order chi connectivity index (χ1) is 10.7. The number of nitrogens with zero attached hydrogens (tertiary/aromatic N) is 3. The second-order valence-electron chi connectivity index (χ2n) is 5.29. The Balaban J connectivity index is 1.73. The number of hydrogen-bond acceptors (Lipinski definition) is 5. The van der Waals surface area contributed by atoms with Gasteiger partial charge in [-0.15, -0.1) is 0 Å². The van der Waals surface area contributed by atoms with Crippen LogP contribution < -0.4 is 10.2 Å². The van der Waals surface area contributed by atoms with Gasteiger partial charge in [0.15, 0.2) is 0 Å². The average Bonchev–Trinajstić information content (AvgIpc) is 2.56. The summed E-state index contributed by atoms with van der Waals surface area (Å²) in [6.07, 6.45) is 5.42. The molecule has 0 unspecified atom stereocenters. The third kappa shape index (κ3) is 3.33. The molecule has 2 aromatic rings. The smallest absolute Gasteiger partial charge is 0.335 e. The molecule has 0 saturated carbocycles. The van der Waals surface area contributed by atoms with E-state index in [1.807, 2.05) is 6.07 Å². The summed E-state index contributed by atoms with van der Waals surface area (Å²) >= 11 is 0. The first-order valence-electron chi connectivity index (χ1n) is 7.41. The van der Waals surface area contributed by atoms with Gasteiger partial charge in [-0.1, -0.05) is 0 Å². The van der Waals surface area contributed by atoms with Gasteiger partial charge in [-0.3, -0.25) is 0 Å². The number of nitrogens with one attached hydrogen (secondary N) is 1. The summed E-state index contributed by atoms with van der Waals surface area (Å²) in [5.74, 6) is 0.514. The molecule has 6 heteroatoms. The number of aromatic nitrogens is 2. The van der Waals surface area contributed by atoms with Crippen LogP contribution in [0.3, 0.4) is 0 Å². The predicted octanol–water partition coefficient (Wildman–Crippen LogP) is 2.91. The molecule has 1 fully saturated rings. The number of benzene rings is 1.